The zero-order chi connectivity index (χ0) is 10.8. The van der Waals surface area contributed by atoms with Crippen molar-refractivity contribution in [1.29, 1.82) is 0 Å². The maximum absolute atomic E-state index is 11.3. The molecule has 0 aliphatic rings. The molecule has 1 aromatic carbocycles. The van der Waals surface area contributed by atoms with Crippen molar-refractivity contribution in [2.24, 2.45) is 5.73 Å². The normalized spacial score (nSPS) is 12.7. The summed E-state index contributed by atoms with van der Waals surface area (Å²) < 4.78 is 0. The van der Waals surface area contributed by atoms with Gasteiger partial charge in [0.15, 0.2) is 0 Å². The molecule has 1 heterocycles. The van der Waals surface area contributed by atoms with Gasteiger partial charge in [0, 0.05) is 11.1 Å². The minimum atomic E-state index is -0.509. The maximum Gasteiger partial charge on any atom is 0.240 e. The standard InChI is InChI=1S/C10H12N4O/c1-6(11)10(15)13-8-2-3-9-7(4-8)5-12-14-9/h2-6H,11H2,1H3,(H,12,14)(H,13,15)/t6-/m1/s1. The zero-order valence-corrected chi connectivity index (χ0v) is 8.32. The number of rotatable bonds is 2. The molecule has 0 bridgehead atoms. The number of H-pyrrole nitrogens is 1. The van der Waals surface area contributed by atoms with Gasteiger partial charge in [-0.3, -0.25) is 9.89 Å². The fraction of sp³-hybridized carbons (Fsp3) is 0.200. The van der Waals surface area contributed by atoms with E-state index in [1.807, 2.05) is 12.1 Å². The molecule has 0 aliphatic carbocycles. The Morgan fingerprint density at radius 2 is 2.40 bits per heavy atom. The van der Waals surface area contributed by atoms with Crippen LogP contribution < -0.4 is 11.1 Å². The molecular weight excluding hydrogens is 192 g/mol. The van der Waals surface area contributed by atoms with E-state index in [1.54, 1.807) is 19.2 Å². The van der Waals surface area contributed by atoms with Gasteiger partial charge >= 0.3 is 0 Å². The van der Waals surface area contributed by atoms with Crippen molar-refractivity contribution >= 4 is 22.5 Å². The van der Waals surface area contributed by atoms with E-state index in [2.05, 4.69) is 15.5 Å². The van der Waals surface area contributed by atoms with Crippen LogP contribution in [0.5, 0.6) is 0 Å². The Morgan fingerprint density at radius 3 is 3.13 bits per heavy atom. The summed E-state index contributed by atoms with van der Waals surface area (Å²) in [6.07, 6.45) is 1.71. The van der Waals surface area contributed by atoms with Gasteiger partial charge in [0.1, 0.15) is 0 Å². The van der Waals surface area contributed by atoms with Gasteiger partial charge in [0.05, 0.1) is 17.8 Å². The Hall–Kier alpha value is -1.88. The molecule has 0 aliphatic heterocycles. The predicted molar refractivity (Wildman–Crippen MR) is 58.4 cm³/mol. The molecule has 2 rings (SSSR count). The number of benzene rings is 1. The number of nitrogens with one attached hydrogen (secondary N) is 2. The first kappa shape index (κ1) is 9.67. The summed E-state index contributed by atoms with van der Waals surface area (Å²) in [6.45, 7) is 1.64. The fourth-order valence-electron chi connectivity index (χ4n) is 1.28. The first-order valence-corrected chi connectivity index (χ1v) is 4.66. The topological polar surface area (TPSA) is 83.8 Å². The minimum Gasteiger partial charge on any atom is -0.325 e. The van der Waals surface area contributed by atoms with Crippen molar-refractivity contribution in [1.82, 2.24) is 10.2 Å². The monoisotopic (exact) mass is 204 g/mol. The molecule has 2 aromatic rings. The number of hydrogen-bond acceptors (Lipinski definition) is 3. The molecule has 4 N–H and O–H groups in total. The lowest BCUT2D eigenvalue weighted by Gasteiger charge is -2.07. The van der Waals surface area contributed by atoms with Crippen LogP contribution in [-0.4, -0.2) is 22.1 Å². The van der Waals surface area contributed by atoms with Gasteiger partial charge in [-0.25, -0.2) is 0 Å². The smallest absolute Gasteiger partial charge is 0.240 e. The molecule has 1 amide bonds. The first-order chi connectivity index (χ1) is 7.16. The molecule has 1 aromatic heterocycles. The number of hydrogen-bond donors (Lipinski definition) is 3. The van der Waals surface area contributed by atoms with E-state index in [0.29, 0.717) is 0 Å². The summed E-state index contributed by atoms with van der Waals surface area (Å²) >= 11 is 0. The van der Waals surface area contributed by atoms with Crippen LogP contribution in [-0.2, 0) is 4.79 Å². The van der Waals surface area contributed by atoms with Crippen molar-refractivity contribution < 1.29 is 4.79 Å². The quantitative estimate of drug-likeness (QED) is 0.678. The highest BCUT2D eigenvalue weighted by atomic mass is 16.2. The third-order valence-corrected chi connectivity index (χ3v) is 2.12. The number of carbonyl (C=O) groups excluding carboxylic acids is 1. The molecule has 78 valence electrons. The number of aromatic nitrogens is 2. The Kier molecular flexibility index (Phi) is 2.39. The summed E-state index contributed by atoms with van der Waals surface area (Å²) in [6, 6.07) is 5.00. The van der Waals surface area contributed by atoms with E-state index in [9.17, 15) is 4.79 Å². The van der Waals surface area contributed by atoms with Crippen LogP contribution in [0.15, 0.2) is 24.4 Å². The average molecular weight is 204 g/mol. The van der Waals surface area contributed by atoms with Gasteiger partial charge in [-0.1, -0.05) is 0 Å². The summed E-state index contributed by atoms with van der Waals surface area (Å²) in [7, 11) is 0. The van der Waals surface area contributed by atoms with Crippen LogP contribution in [0.3, 0.4) is 0 Å². The van der Waals surface area contributed by atoms with E-state index in [0.717, 1.165) is 16.6 Å². The van der Waals surface area contributed by atoms with E-state index < -0.39 is 6.04 Å². The van der Waals surface area contributed by atoms with Crippen LogP contribution in [0, 0.1) is 0 Å². The second kappa shape index (κ2) is 3.70. The first-order valence-electron chi connectivity index (χ1n) is 4.66. The third kappa shape index (κ3) is 1.97. The Balaban J connectivity index is 2.25. The summed E-state index contributed by atoms with van der Waals surface area (Å²) in [4.78, 5) is 11.3. The van der Waals surface area contributed by atoms with Crippen molar-refractivity contribution in [2.45, 2.75) is 13.0 Å². The van der Waals surface area contributed by atoms with Crippen LogP contribution in [0.1, 0.15) is 6.92 Å². The van der Waals surface area contributed by atoms with Crippen molar-refractivity contribution in [2.75, 3.05) is 5.32 Å². The van der Waals surface area contributed by atoms with Crippen LogP contribution in [0.2, 0.25) is 0 Å². The molecule has 0 radical (unpaired) electrons. The van der Waals surface area contributed by atoms with Crippen LogP contribution >= 0.6 is 0 Å². The molecule has 5 nitrogen and oxygen atoms in total. The minimum absolute atomic E-state index is 0.196. The van der Waals surface area contributed by atoms with Crippen molar-refractivity contribution in [3.8, 4) is 0 Å². The SMILES string of the molecule is C[C@@H](N)C(=O)Nc1ccc2[nH]ncc2c1. The van der Waals surface area contributed by atoms with Crippen molar-refractivity contribution in [3.63, 3.8) is 0 Å². The van der Waals surface area contributed by atoms with Crippen molar-refractivity contribution in [3.05, 3.63) is 24.4 Å². The molecule has 0 spiro atoms. The number of anilines is 1. The Labute approximate surface area is 86.7 Å². The highest BCUT2D eigenvalue weighted by Crippen LogP contribution is 2.16. The Morgan fingerprint density at radius 1 is 1.60 bits per heavy atom. The molecule has 0 saturated carbocycles. The number of nitrogens with zero attached hydrogens (tertiary/aromatic N) is 1. The number of nitrogens with two attached hydrogens (primary N) is 1. The van der Waals surface area contributed by atoms with Gasteiger partial charge in [0.25, 0.3) is 0 Å². The number of fused-ring (bicyclic) bond motifs is 1. The second-order valence-electron chi connectivity index (χ2n) is 3.45. The second-order valence-corrected chi connectivity index (χ2v) is 3.45. The lowest BCUT2D eigenvalue weighted by atomic mass is 10.2. The zero-order valence-electron chi connectivity index (χ0n) is 8.32. The van der Waals surface area contributed by atoms with Gasteiger partial charge in [-0.05, 0) is 25.1 Å². The largest absolute Gasteiger partial charge is 0.325 e. The molecule has 0 saturated heterocycles. The number of carbonyl (C=O) groups is 1. The third-order valence-electron chi connectivity index (χ3n) is 2.12. The van der Waals surface area contributed by atoms with Crippen LogP contribution in [0.4, 0.5) is 5.69 Å². The van der Waals surface area contributed by atoms with E-state index in [1.165, 1.54) is 0 Å². The van der Waals surface area contributed by atoms with E-state index in [-0.39, 0.29) is 5.91 Å². The fourth-order valence-corrected chi connectivity index (χ4v) is 1.28. The maximum atomic E-state index is 11.3. The molecule has 5 heteroatoms. The summed E-state index contributed by atoms with van der Waals surface area (Å²) in [5.41, 5.74) is 7.11. The molecular formula is C10H12N4O. The Bertz CT molecular complexity index is 489. The van der Waals surface area contributed by atoms with Gasteiger partial charge in [0.2, 0.25) is 5.91 Å². The highest BCUT2D eigenvalue weighted by Gasteiger charge is 2.07. The van der Waals surface area contributed by atoms with Gasteiger partial charge in [-0.2, -0.15) is 5.10 Å². The van der Waals surface area contributed by atoms with E-state index >= 15 is 0 Å². The predicted octanol–water partition coefficient (Wildman–Crippen LogP) is 0.849. The molecule has 15 heavy (non-hydrogen) atoms. The molecule has 1 atom stereocenters. The summed E-state index contributed by atoms with van der Waals surface area (Å²) in [5.74, 6) is -0.196. The number of amides is 1. The summed E-state index contributed by atoms with van der Waals surface area (Å²) in [5, 5.41) is 10.4. The molecule has 0 unspecified atom stereocenters. The number of aromatic amines is 1. The van der Waals surface area contributed by atoms with E-state index in [4.69, 9.17) is 5.73 Å². The van der Waals surface area contributed by atoms with Gasteiger partial charge < -0.3 is 11.1 Å². The van der Waals surface area contributed by atoms with Gasteiger partial charge in [-0.15, -0.1) is 0 Å². The molecule has 0 fully saturated rings. The lowest BCUT2D eigenvalue weighted by molar-refractivity contribution is -0.117. The van der Waals surface area contributed by atoms with Crippen LogP contribution in [0.25, 0.3) is 10.9 Å². The lowest BCUT2D eigenvalue weighted by Crippen LogP contribution is -2.32. The average Bonchev–Trinajstić information content (AvgIpc) is 2.64. The highest BCUT2D eigenvalue weighted by molar-refractivity contribution is 5.96.